The number of nitrogens with two attached hydrogens (primary N) is 2. The van der Waals surface area contributed by atoms with Gasteiger partial charge in [-0.3, -0.25) is 10.2 Å². The fourth-order valence-corrected chi connectivity index (χ4v) is 1.40. The van der Waals surface area contributed by atoms with Crippen LogP contribution in [0.2, 0.25) is 0 Å². The van der Waals surface area contributed by atoms with Crippen LogP contribution < -0.4 is 16.8 Å². The lowest BCUT2D eigenvalue weighted by Gasteiger charge is -2.06. The molecule has 0 bridgehead atoms. The lowest BCUT2D eigenvalue weighted by Crippen LogP contribution is -2.34. The topological polar surface area (TPSA) is 223 Å². The summed E-state index contributed by atoms with van der Waals surface area (Å²) in [4.78, 5) is 20.5. The number of hydrogen-bond donors (Lipinski definition) is 9. The van der Waals surface area contributed by atoms with Crippen LogP contribution in [0, 0.1) is 5.41 Å². The smallest absolute Gasteiger partial charge is 0.335 e. The van der Waals surface area contributed by atoms with Crippen molar-refractivity contribution in [1.82, 2.24) is 5.32 Å². The van der Waals surface area contributed by atoms with Crippen molar-refractivity contribution >= 4 is 17.9 Å². The standard InChI is InChI=1S/C7H6O5.C6H14N4O2/c8-4-1-3(7(11)12)2-5(9)6(4)10;7-4(5(11)12)2-1-3-10-6(8)9/h1-2,8-10H,(H,11,12);4H,1-3,7H2,(H,11,12)(H4,8,9,10)/t;4-/m.0/s1. The minimum atomic E-state index is -1.29. The molecule has 11 heteroatoms. The minimum absolute atomic E-state index is 0.112. The van der Waals surface area contributed by atoms with Gasteiger partial charge in [0.05, 0.1) is 5.56 Å². The third kappa shape index (κ3) is 7.70. The number of nitrogens with one attached hydrogen (secondary N) is 2. The molecule has 0 heterocycles. The molecule has 0 fully saturated rings. The van der Waals surface area contributed by atoms with Crippen molar-refractivity contribution in [3.63, 3.8) is 0 Å². The molecule has 0 saturated heterocycles. The Morgan fingerprint density at radius 1 is 1.17 bits per heavy atom. The number of carbonyl (C=O) groups is 2. The van der Waals surface area contributed by atoms with Gasteiger partial charge in [-0.15, -0.1) is 0 Å². The molecule has 0 aliphatic heterocycles. The average molecular weight is 344 g/mol. The Kier molecular flexibility index (Phi) is 8.43. The Balaban J connectivity index is 0.000000441. The largest absolute Gasteiger partial charge is 0.504 e. The quantitative estimate of drug-likeness (QED) is 0.135. The van der Waals surface area contributed by atoms with Crippen molar-refractivity contribution in [2.45, 2.75) is 18.9 Å². The van der Waals surface area contributed by atoms with Gasteiger partial charge < -0.3 is 42.3 Å². The number of hydrogen-bond acceptors (Lipinski definition) is 7. The van der Waals surface area contributed by atoms with Crippen LogP contribution in [0.3, 0.4) is 0 Å². The van der Waals surface area contributed by atoms with E-state index in [2.05, 4.69) is 5.32 Å². The fraction of sp³-hybridized carbons (Fsp3) is 0.308. The molecule has 0 aliphatic carbocycles. The van der Waals surface area contributed by atoms with Gasteiger partial charge in [-0.05, 0) is 25.0 Å². The third-order valence-electron chi connectivity index (χ3n) is 2.64. The maximum atomic E-state index is 10.3. The highest BCUT2D eigenvalue weighted by atomic mass is 16.4. The van der Waals surface area contributed by atoms with Crippen LogP contribution in [-0.4, -0.2) is 56.0 Å². The number of phenols is 3. The summed E-state index contributed by atoms with van der Waals surface area (Å²) in [6, 6.07) is 0.869. The second kappa shape index (κ2) is 9.74. The van der Waals surface area contributed by atoms with Crippen LogP contribution >= 0.6 is 0 Å². The van der Waals surface area contributed by atoms with Gasteiger partial charge in [-0.2, -0.15) is 0 Å². The first kappa shape index (κ1) is 20.8. The van der Waals surface area contributed by atoms with Crippen LogP contribution in [0.25, 0.3) is 0 Å². The summed E-state index contributed by atoms with van der Waals surface area (Å²) >= 11 is 0. The van der Waals surface area contributed by atoms with Gasteiger partial charge >= 0.3 is 11.9 Å². The molecule has 24 heavy (non-hydrogen) atoms. The van der Waals surface area contributed by atoms with Crippen LogP contribution in [0.15, 0.2) is 12.1 Å². The first-order chi connectivity index (χ1) is 11.1. The Morgan fingerprint density at radius 2 is 1.67 bits per heavy atom. The molecule has 11 nitrogen and oxygen atoms in total. The predicted octanol–water partition coefficient (Wildman–Crippen LogP) is -0.837. The second-order valence-corrected chi connectivity index (χ2v) is 4.60. The molecule has 0 radical (unpaired) electrons. The molecule has 11 N–H and O–H groups in total. The molecule has 1 aromatic carbocycles. The van der Waals surface area contributed by atoms with Gasteiger partial charge in [0.25, 0.3) is 0 Å². The van der Waals surface area contributed by atoms with Crippen molar-refractivity contribution in [3.8, 4) is 17.2 Å². The Morgan fingerprint density at radius 3 is 2.04 bits per heavy atom. The molecule has 0 unspecified atom stereocenters. The number of rotatable bonds is 6. The summed E-state index contributed by atoms with van der Waals surface area (Å²) in [7, 11) is 0. The maximum absolute atomic E-state index is 10.3. The average Bonchev–Trinajstić information content (AvgIpc) is 2.48. The van der Waals surface area contributed by atoms with E-state index in [0.29, 0.717) is 19.4 Å². The van der Waals surface area contributed by atoms with Crippen molar-refractivity contribution in [3.05, 3.63) is 17.7 Å². The molecule has 0 amide bonds. The molecule has 0 saturated carbocycles. The zero-order valence-corrected chi connectivity index (χ0v) is 12.6. The number of benzene rings is 1. The summed E-state index contributed by atoms with van der Waals surface area (Å²) < 4.78 is 0. The van der Waals surface area contributed by atoms with Gasteiger partial charge in [0, 0.05) is 6.54 Å². The van der Waals surface area contributed by atoms with Crippen LogP contribution in [0.4, 0.5) is 0 Å². The van der Waals surface area contributed by atoms with Gasteiger partial charge in [-0.25, -0.2) is 4.79 Å². The van der Waals surface area contributed by atoms with Gasteiger partial charge in [-0.1, -0.05) is 0 Å². The summed E-state index contributed by atoms with van der Waals surface area (Å²) in [5, 5.41) is 52.7. The zero-order valence-electron chi connectivity index (χ0n) is 12.6. The van der Waals surface area contributed by atoms with Crippen molar-refractivity contribution in [2.75, 3.05) is 6.54 Å². The van der Waals surface area contributed by atoms with E-state index < -0.39 is 35.2 Å². The molecule has 0 spiro atoms. The van der Waals surface area contributed by atoms with Crippen LogP contribution in [-0.2, 0) is 4.79 Å². The van der Waals surface area contributed by atoms with E-state index in [1.54, 1.807) is 0 Å². The van der Waals surface area contributed by atoms with Crippen molar-refractivity contribution in [1.29, 1.82) is 5.41 Å². The van der Waals surface area contributed by atoms with E-state index >= 15 is 0 Å². The molecule has 0 aliphatic rings. The molecule has 0 aromatic heterocycles. The first-order valence-electron chi connectivity index (χ1n) is 6.60. The second-order valence-electron chi connectivity index (χ2n) is 4.60. The fourth-order valence-electron chi connectivity index (χ4n) is 1.40. The van der Waals surface area contributed by atoms with Gasteiger partial charge in [0.15, 0.2) is 23.2 Å². The highest BCUT2D eigenvalue weighted by Gasteiger charge is 2.11. The lowest BCUT2D eigenvalue weighted by molar-refractivity contribution is -0.138. The normalized spacial score (nSPS) is 10.9. The van der Waals surface area contributed by atoms with E-state index in [0.717, 1.165) is 12.1 Å². The predicted molar refractivity (Wildman–Crippen MR) is 83.2 cm³/mol. The third-order valence-corrected chi connectivity index (χ3v) is 2.64. The Labute approximate surface area is 136 Å². The number of carboxylic acid groups (broad SMARTS) is 2. The summed E-state index contributed by atoms with van der Waals surface area (Å²) in [5.74, 6) is -4.45. The van der Waals surface area contributed by atoms with E-state index in [1.807, 2.05) is 0 Å². The molecular weight excluding hydrogens is 324 g/mol. The van der Waals surface area contributed by atoms with Crippen molar-refractivity contribution < 1.29 is 35.1 Å². The molecular formula is C13H20N4O7. The Bertz CT molecular complexity index is 583. The van der Waals surface area contributed by atoms with Gasteiger partial charge in [0.2, 0.25) is 0 Å². The highest BCUT2D eigenvalue weighted by molar-refractivity contribution is 5.89. The van der Waals surface area contributed by atoms with Gasteiger partial charge in [0.1, 0.15) is 6.04 Å². The molecule has 1 atom stereocenters. The summed E-state index contributed by atoms with van der Waals surface area (Å²) in [6.45, 7) is 0.482. The molecule has 1 rings (SSSR count). The number of guanidine groups is 1. The number of carboxylic acids is 2. The van der Waals surface area contributed by atoms with E-state index in [1.165, 1.54) is 0 Å². The number of aromatic carboxylic acids is 1. The lowest BCUT2D eigenvalue weighted by atomic mass is 10.2. The Hall–Kier alpha value is -3.21. The van der Waals surface area contributed by atoms with Crippen LogP contribution in [0.1, 0.15) is 23.2 Å². The SMILES string of the molecule is N=C(N)NCCC[C@H](N)C(=O)O.O=C(O)c1cc(O)c(O)c(O)c1. The highest BCUT2D eigenvalue weighted by Crippen LogP contribution is 2.35. The van der Waals surface area contributed by atoms with E-state index in [4.69, 9.17) is 42.4 Å². The molecule has 1 aromatic rings. The van der Waals surface area contributed by atoms with Crippen molar-refractivity contribution in [2.24, 2.45) is 11.5 Å². The van der Waals surface area contributed by atoms with E-state index in [-0.39, 0.29) is 11.5 Å². The van der Waals surface area contributed by atoms with Crippen LogP contribution in [0.5, 0.6) is 17.2 Å². The monoisotopic (exact) mass is 344 g/mol. The van der Waals surface area contributed by atoms with E-state index in [9.17, 15) is 9.59 Å². The maximum Gasteiger partial charge on any atom is 0.335 e. The molecule has 134 valence electrons. The minimum Gasteiger partial charge on any atom is -0.504 e. The zero-order chi connectivity index (χ0) is 18.9. The first-order valence-corrected chi connectivity index (χ1v) is 6.60. The summed E-state index contributed by atoms with van der Waals surface area (Å²) in [6.07, 6.45) is 0.975. The number of aliphatic carboxylic acids is 1. The summed E-state index contributed by atoms with van der Waals surface area (Å²) in [5.41, 5.74) is 9.93. The number of phenolic OH excluding ortho intramolecular Hbond substituents is 3. The number of aromatic hydroxyl groups is 3.